The summed E-state index contributed by atoms with van der Waals surface area (Å²) in [7, 11) is 0. The van der Waals surface area contributed by atoms with Gasteiger partial charge < -0.3 is 5.43 Å². The summed E-state index contributed by atoms with van der Waals surface area (Å²) in [5.74, 6) is 6.57. The monoisotopic (exact) mass is 350 g/mol. The molecule has 0 fully saturated rings. The van der Waals surface area contributed by atoms with Crippen LogP contribution in [-0.2, 0) is 12.8 Å². The van der Waals surface area contributed by atoms with Gasteiger partial charge in [-0.3, -0.25) is 0 Å². The predicted molar refractivity (Wildman–Crippen MR) is 84.2 cm³/mol. The highest BCUT2D eigenvalue weighted by molar-refractivity contribution is 9.10. The first kappa shape index (κ1) is 14.4. The van der Waals surface area contributed by atoms with E-state index in [9.17, 15) is 4.39 Å². The summed E-state index contributed by atoms with van der Waals surface area (Å²) in [6.45, 7) is 0. The van der Waals surface area contributed by atoms with Crippen molar-refractivity contribution < 1.29 is 4.39 Å². The van der Waals surface area contributed by atoms with Crippen molar-refractivity contribution in [2.45, 2.75) is 32.1 Å². The van der Waals surface area contributed by atoms with Crippen LogP contribution in [0.15, 0.2) is 22.7 Å². The summed E-state index contributed by atoms with van der Waals surface area (Å²) in [6, 6.07) is 4.50. The van der Waals surface area contributed by atoms with Gasteiger partial charge in [-0.25, -0.2) is 20.2 Å². The Balaban J connectivity index is 2.13. The molecule has 21 heavy (non-hydrogen) atoms. The van der Waals surface area contributed by atoms with E-state index in [1.807, 2.05) is 0 Å². The molecule has 3 rings (SSSR count). The summed E-state index contributed by atoms with van der Waals surface area (Å²) in [4.78, 5) is 9.19. The summed E-state index contributed by atoms with van der Waals surface area (Å²) >= 11 is 3.37. The number of nitrogens with two attached hydrogens (primary N) is 1. The largest absolute Gasteiger partial charge is 0.308 e. The van der Waals surface area contributed by atoms with Crippen LogP contribution in [0.5, 0.6) is 0 Å². The van der Waals surface area contributed by atoms with Gasteiger partial charge in [0.15, 0.2) is 5.82 Å². The molecule has 0 atom stereocenters. The summed E-state index contributed by atoms with van der Waals surface area (Å²) in [5.41, 5.74) is 5.60. The number of halogens is 2. The molecule has 0 radical (unpaired) electrons. The number of hydrogen-bond donors (Lipinski definition) is 2. The molecule has 2 aromatic rings. The SMILES string of the molecule is NNc1nc(-c2ccc(F)cc2Br)nc2c1CCCCC2. The standard InChI is InChI=1S/C15H16BrFN4/c16-12-8-9(17)6-7-10(12)14-19-13-5-3-1-2-4-11(13)15(20-14)21-18/h6-8H,1-5,18H2,(H,19,20,21). The zero-order chi connectivity index (χ0) is 14.8. The Morgan fingerprint density at radius 2 is 1.95 bits per heavy atom. The van der Waals surface area contributed by atoms with Crippen LogP contribution in [0.2, 0.25) is 0 Å². The van der Waals surface area contributed by atoms with Gasteiger partial charge in [0.25, 0.3) is 0 Å². The van der Waals surface area contributed by atoms with E-state index < -0.39 is 0 Å². The molecule has 1 aromatic carbocycles. The topological polar surface area (TPSA) is 63.8 Å². The Morgan fingerprint density at radius 3 is 2.71 bits per heavy atom. The second-order valence-corrected chi connectivity index (χ2v) is 6.00. The van der Waals surface area contributed by atoms with Gasteiger partial charge in [-0.1, -0.05) is 6.42 Å². The van der Waals surface area contributed by atoms with Crippen molar-refractivity contribution in [3.05, 3.63) is 39.7 Å². The summed E-state index contributed by atoms with van der Waals surface area (Å²) in [5, 5.41) is 0. The lowest BCUT2D eigenvalue weighted by atomic mass is 10.1. The van der Waals surface area contributed by atoms with E-state index in [1.165, 1.54) is 18.6 Å². The van der Waals surface area contributed by atoms with Gasteiger partial charge >= 0.3 is 0 Å². The molecule has 0 aliphatic heterocycles. The van der Waals surface area contributed by atoms with Crippen LogP contribution in [0.1, 0.15) is 30.5 Å². The highest BCUT2D eigenvalue weighted by atomic mass is 79.9. The van der Waals surface area contributed by atoms with Crippen molar-refractivity contribution in [1.29, 1.82) is 0 Å². The predicted octanol–water partition coefficient (Wildman–Crippen LogP) is 3.60. The fourth-order valence-corrected chi connectivity index (χ4v) is 3.21. The van der Waals surface area contributed by atoms with Crippen LogP contribution in [-0.4, -0.2) is 9.97 Å². The Kier molecular flexibility index (Phi) is 4.17. The van der Waals surface area contributed by atoms with Gasteiger partial charge in [0.1, 0.15) is 11.6 Å². The number of aryl methyl sites for hydroxylation is 1. The van der Waals surface area contributed by atoms with E-state index in [-0.39, 0.29) is 5.82 Å². The number of nitrogen functional groups attached to an aromatic ring is 1. The molecule has 0 spiro atoms. The van der Waals surface area contributed by atoms with Crippen LogP contribution in [0.25, 0.3) is 11.4 Å². The van der Waals surface area contributed by atoms with Gasteiger partial charge in [-0.2, -0.15) is 0 Å². The second-order valence-electron chi connectivity index (χ2n) is 5.15. The zero-order valence-electron chi connectivity index (χ0n) is 11.5. The third kappa shape index (κ3) is 2.91. The van der Waals surface area contributed by atoms with E-state index >= 15 is 0 Å². The Labute approximate surface area is 131 Å². The highest BCUT2D eigenvalue weighted by Crippen LogP contribution is 2.31. The van der Waals surface area contributed by atoms with E-state index in [4.69, 9.17) is 5.84 Å². The minimum atomic E-state index is -0.294. The van der Waals surface area contributed by atoms with Crippen molar-refractivity contribution in [3.8, 4) is 11.4 Å². The maximum absolute atomic E-state index is 13.2. The van der Waals surface area contributed by atoms with Crippen molar-refractivity contribution in [2.75, 3.05) is 5.43 Å². The van der Waals surface area contributed by atoms with Crippen LogP contribution in [0, 0.1) is 5.82 Å². The molecule has 1 aliphatic carbocycles. The molecule has 1 heterocycles. The van der Waals surface area contributed by atoms with Gasteiger partial charge in [0.2, 0.25) is 0 Å². The fraction of sp³-hybridized carbons (Fsp3) is 0.333. The summed E-state index contributed by atoms with van der Waals surface area (Å²) < 4.78 is 13.9. The molecule has 4 nitrogen and oxygen atoms in total. The second kappa shape index (κ2) is 6.07. The van der Waals surface area contributed by atoms with Crippen molar-refractivity contribution in [2.24, 2.45) is 5.84 Å². The zero-order valence-corrected chi connectivity index (χ0v) is 13.1. The first-order chi connectivity index (χ1) is 10.2. The Bertz CT molecular complexity index is 675. The molecular formula is C15H16BrFN4. The van der Waals surface area contributed by atoms with Crippen molar-refractivity contribution in [3.63, 3.8) is 0 Å². The smallest absolute Gasteiger partial charge is 0.162 e. The van der Waals surface area contributed by atoms with E-state index in [2.05, 4.69) is 31.3 Å². The normalized spacial score (nSPS) is 14.4. The number of anilines is 1. The maximum atomic E-state index is 13.2. The molecule has 0 amide bonds. The van der Waals surface area contributed by atoms with Crippen molar-refractivity contribution >= 4 is 21.7 Å². The number of hydrogen-bond acceptors (Lipinski definition) is 4. The van der Waals surface area contributed by atoms with Gasteiger partial charge in [0, 0.05) is 21.3 Å². The number of aromatic nitrogens is 2. The molecule has 0 unspecified atom stereocenters. The third-order valence-electron chi connectivity index (χ3n) is 3.74. The van der Waals surface area contributed by atoms with Gasteiger partial charge in [-0.15, -0.1) is 0 Å². The maximum Gasteiger partial charge on any atom is 0.162 e. The lowest BCUT2D eigenvalue weighted by Crippen LogP contribution is -2.14. The molecule has 0 saturated carbocycles. The van der Waals surface area contributed by atoms with Crippen molar-refractivity contribution in [1.82, 2.24) is 9.97 Å². The third-order valence-corrected chi connectivity index (χ3v) is 4.40. The molecule has 0 saturated heterocycles. The molecule has 110 valence electrons. The molecule has 1 aliphatic rings. The van der Waals surface area contributed by atoms with Gasteiger partial charge in [0.05, 0.1) is 0 Å². The Morgan fingerprint density at radius 1 is 1.14 bits per heavy atom. The lowest BCUT2D eigenvalue weighted by Gasteiger charge is -2.13. The summed E-state index contributed by atoms with van der Waals surface area (Å²) in [6.07, 6.45) is 5.32. The number of hydrazine groups is 1. The van der Waals surface area contributed by atoms with E-state index in [0.717, 1.165) is 42.5 Å². The van der Waals surface area contributed by atoms with E-state index in [0.29, 0.717) is 16.1 Å². The van der Waals surface area contributed by atoms with Crippen LogP contribution >= 0.6 is 15.9 Å². The number of benzene rings is 1. The first-order valence-corrected chi connectivity index (χ1v) is 7.80. The number of nitrogens with zero attached hydrogens (tertiary/aromatic N) is 2. The average Bonchev–Trinajstić information content (AvgIpc) is 2.71. The first-order valence-electron chi connectivity index (χ1n) is 7.01. The van der Waals surface area contributed by atoms with Crippen LogP contribution in [0.4, 0.5) is 10.2 Å². The molecular weight excluding hydrogens is 335 g/mol. The van der Waals surface area contributed by atoms with Crippen LogP contribution in [0.3, 0.4) is 0 Å². The van der Waals surface area contributed by atoms with Gasteiger partial charge in [-0.05, 0) is 59.8 Å². The highest BCUT2D eigenvalue weighted by Gasteiger charge is 2.18. The number of nitrogens with one attached hydrogen (secondary N) is 1. The Hall–Kier alpha value is -1.53. The molecule has 0 bridgehead atoms. The quantitative estimate of drug-likeness (QED) is 0.493. The molecule has 3 N–H and O–H groups in total. The number of rotatable bonds is 2. The van der Waals surface area contributed by atoms with E-state index in [1.54, 1.807) is 6.07 Å². The van der Waals surface area contributed by atoms with Crippen LogP contribution < -0.4 is 11.3 Å². The fourth-order valence-electron chi connectivity index (χ4n) is 2.68. The average molecular weight is 351 g/mol. The minimum Gasteiger partial charge on any atom is -0.308 e. The lowest BCUT2D eigenvalue weighted by molar-refractivity contribution is 0.627. The minimum absolute atomic E-state index is 0.294. The number of fused-ring (bicyclic) bond motifs is 1. The molecule has 6 heteroatoms. The molecule has 1 aromatic heterocycles.